The maximum absolute atomic E-state index is 14.4. The first-order valence-corrected chi connectivity index (χ1v) is 13.3. The molecule has 0 aromatic heterocycles. The number of halogens is 1. The molecule has 0 amide bonds. The van der Waals surface area contributed by atoms with Crippen molar-refractivity contribution in [2.24, 2.45) is 11.8 Å². The minimum atomic E-state index is -0.654. The van der Waals surface area contributed by atoms with Crippen molar-refractivity contribution in [3.05, 3.63) is 41.5 Å². The Morgan fingerprint density at radius 3 is 2.38 bits per heavy atom. The fourth-order valence-corrected chi connectivity index (χ4v) is 6.94. The second-order valence-corrected chi connectivity index (χ2v) is 10.8. The maximum Gasteiger partial charge on any atom is 0.306 e. The Bertz CT molecular complexity index is 1020. The normalized spacial score (nSPS) is 30.4. The van der Waals surface area contributed by atoms with Crippen LogP contribution < -0.4 is 4.74 Å². The Balaban J connectivity index is 1.39. The molecule has 3 fully saturated rings. The highest BCUT2D eigenvalue weighted by Gasteiger charge is 2.45. The largest absolute Gasteiger partial charge is 0.490 e. The number of alkyl halides is 1. The fraction of sp³-hybridized carbons (Fsp3) is 0.621. The minimum absolute atomic E-state index is 0.179. The van der Waals surface area contributed by atoms with E-state index in [-0.39, 0.29) is 18.1 Å². The second-order valence-electron chi connectivity index (χ2n) is 10.8. The van der Waals surface area contributed by atoms with E-state index in [0.29, 0.717) is 23.4 Å². The lowest BCUT2D eigenvalue weighted by molar-refractivity contribution is -0.144. The molecule has 184 valence electrons. The van der Waals surface area contributed by atoms with Crippen LogP contribution in [0.2, 0.25) is 0 Å². The summed E-state index contributed by atoms with van der Waals surface area (Å²) >= 11 is 0. The van der Waals surface area contributed by atoms with Crippen molar-refractivity contribution in [1.29, 1.82) is 0 Å². The highest BCUT2D eigenvalue weighted by Crippen LogP contribution is 2.44. The molecule has 3 atom stereocenters. The molecule has 2 aromatic carbocycles. The molecule has 0 spiro atoms. The van der Waals surface area contributed by atoms with E-state index in [9.17, 15) is 14.3 Å². The number of carbonyl (C=O) groups is 1. The standard InChI is InChI=1S/C29H38FNO3/c1-3-19-4-11-25(12-5-19)34-28-13-8-20-6-7-21(16-26(20)27(28)17-30)18(2)31-23-9-10-24(31)15-22(14-23)29(32)33/h6-8,13,16,18-19,22-25H,3-5,9-12,14-15,17H2,1-2H3,(H,32,33). The van der Waals surface area contributed by atoms with Crippen molar-refractivity contribution in [3.63, 3.8) is 0 Å². The summed E-state index contributed by atoms with van der Waals surface area (Å²) in [5.74, 6) is 0.625. The number of piperidine rings is 1. The number of benzene rings is 2. The third-order valence-corrected chi connectivity index (χ3v) is 8.98. The summed E-state index contributed by atoms with van der Waals surface area (Å²) in [4.78, 5) is 14.1. The molecule has 2 aromatic rings. The topological polar surface area (TPSA) is 49.8 Å². The molecule has 2 bridgehead atoms. The van der Waals surface area contributed by atoms with E-state index in [0.717, 1.165) is 55.2 Å². The fourth-order valence-electron chi connectivity index (χ4n) is 6.94. The van der Waals surface area contributed by atoms with E-state index in [1.54, 1.807) is 0 Å². The quantitative estimate of drug-likeness (QED) is 0.474. The predicted octanol–water partition coefficient (Wildman–Crippen LogP) is 7.05. The molecule has 1 aliphatic carbocycles. The summed E-state index contributed by atoms with van der Waals surface area (Å²) in [5, 5.41) is 11.5. The molecule has 34 heavy (non-hydrogen) atoms. The number of rotatable bonds is 7. The number of carboxylic acid groups (broad SMARTS) is 1. The van der Waals surface area contributed by atoms with Crippen LogP contribution in [0.1, 0.15) is 88.8 Å². The van der Waals surface area contributed by atoms with E-state index >= 15 is 0 Å². The number of fused-ring (bicyclic) bond motifs is 3. The van der Waals surface area contributed by atoms with E-state index in [4.69, 9.17) is 4.74 Å². The van der Waals surface area contributed by atoms with Gasteiger partial charge in [0.1, 0.15) is 12.4 Å². The van der Waals surface area contributed by atoms with E-state index < -0.39 is 12.6 Å². The average molecular weight is 468 g/mol. The maximum atomic E-state index is 14.4. The zero-order valence-corrected chi connectivity index (χ0v) is 20.5. The van der Waals surface area contributed by atoms with Crippen LogP contribution in [0.3, 0.4) is 0 Å². The van der Waals surface area contributed by atoms with Crippen molar-refractivity contribution in [2.45, 2.75) is 103 Å². The van der Waals surface area contributed by atoms with Gasteiger partial charge in [-0.05, 0) is 92.7 Å². The van der Waals surface area contributed by atoms with E-state index in [1.807, 2.05) is 6.07 Å². The summed E-state index contributed by atoms with van der Waals surface area (Å²) < 4.78 is 20.7. The summed E-state index contributed by atoms with van der Waals surface area (Å²) in [6.07, 6.45) is 9.51. The molecular weight excluding hydrogens is 429 g/mol. The summed E-state index contributed by atoms with van der Waals surface area (Å²) in [7, 11) is 0. The lowest BCUT2D eigenvalue weighted by Gasteiger charge is -2.41. The molecule has 2 aliphatic heterocycles. The van der Waals surface area contributed by atoms with Crippen LogP contribution in [0.5, 0.6) is 5.75 Å². The van der Waals surface area contributed by atoms with Gasteiger partial charge in [-0.3, -0.25) is 9.69 Å². The molecule has 3 unspecified atom stereocenters. The second kappa shape index (κ2) is 9.85. The first-order chi connectivity index (χ1) is 16.5. The average Bonchev–Trinajstić information content (AvgIpc) is 3.12. The van der Waals surface area contributed by atoms with Gasteiger partial charge >= 0.3 is 5.97 Å². The van der Waals surface area contributed by atoms with Crippen LogP contribution in [0.15, 0.2) is 30.3 Å². The van der Waals surface area contributed by atoms with E-state index in [1.165, 1.54) is 24.8 Å². The molecule has 2 saturated heterocycles. The van der Waals surface area contributed by atoms with Crippen LogP contribution in [0, 0.1) is 11.8 Å². The van der Waals surface area contributed by atoms with Gasteiger partial charge in [0.05, 0.1) is 12.0 Å². The van der Waals surface area contributed by atoms with Gasteiger partial charge in [-0.15, -0.1) is 0 Å². The Hall–Kier alpha value is -2.14. The summed E-state index contributed by atoms with van der Waals surface area (Å²) in [6.45, 7) is 3.94. The monoisotopic (exact) mass is 467 g/mol. The van der Waals surface area contributed by atoms with Crippen LogP contribution in [-0.4, -0.2) is 34.2 Å². The van der Waals surface area contributed by atoms with Gasteiger partial charge in [0.15, 0.2) is 0 Å². The summed E-state index contributed by atoms with van der Waals surface area (Å²) in [6, 6.07) is 11.2. The molecule has 5 heteroatoms. The summed E-state index contributed by atoms with van der Waals surface area (Å²) in [5.41, 5.74) is 1.84. The molecule has 1 N–H and O–H groups in total. The van der Waals surface area contributed by atoms with Gasteiger partial charge in [-0.1, -0.05) is 31.5 Å². The zero-order chi connectivity index (χ0) is 23.8. The van der Waals surface area contributed by atoms with Crippen molar-refractivity contribution in [1.82, 2.24) is 4.90 Å². The SMILES string of the molecule is CCC1CCC(Oc2ccc3ccc(C(C)N4C5CCC4CC(C(=O)O)C5)cc3c2CF)CC1. The number of carboxylic acids is 1. The number of nitrogens with zero attached hydrogens (tertiary/aromatic N) is 1. The highest BCUT2D eigenvalue weighted by molar-refractivity contribution is 5.88. The Morgan fingerprint density at radius 2 is 1.76 bits per heavy atom. The number of aliphatic carboxylic acids is 1. The van der Waals surface area contributed by atoms with Gasteiger partial charge in [-0.25, -0.2) is 4.39 Å². The predicted molar refractivity (Wildman–Crippen MR) is 133 cm³/mol. The number of ether oxygens (including phenoxy) is 1. The smallest absolute Gasteiger partial charge is 0.306 e. The van der Waals surface area contributed by atoms with Gasteiger partial charge in [0.2, 0.25) is 0 Å². The zero-order valence-electron chi connectivity index (χ0n) is 20.5. The van der Waals surface area contributed by atoms with Crippen LogP contribution >= 0.6 is 0 Å². The number of hydrogen-bond acceptors (Lipinski definition) is 3. The van der Waals surface area contributed by atoms with Gasteiger partial charge < -0.3 is 9.84 Å². The van der Waals surface area contributed by atoms with E-state index in [2.05, 4.69) is 43.0 Å². The van der Waals surface area contributed by atoms with Gasteiger partial charge in [0.25, 0.3) is 0 Å². The van der Waals surface area contributed by atoms with Crippen molar-refractivity contribution in [2.75, 3.05) is 0 Å². The first kappa shape index (κ1) is 23.6. The lowest BCUT2D eigenvalue weighted by Crippen LogP contribution is -2.45. The minimum Gasteiger partial charge on any atom is -0.490 e. The number of hydrogen-bond donors (Lipinski definition) is 1. The third-order valence-electron chi connectivity index (χ3n) is 8.98. The third kappa shape index (κ3) is 4.44. The highest BCUT2D eigenvalue weighted by atomic mass is 19.1. The molecular formula is C29H38FNO3. The van der Waals surface area contributed by atoms with Crippen molar-refractivity contribution >= 4 is 16.7 Å². The lowest BCUT2D eigenvalue weighted by atomic mass is 9.86. The molecule has 5 rings (SSSR count). The van der Waals surface area contributed by atoms with Crippen molar-refractivity contribution in [3.8, 4) is 5.75 Å². The first-order valence-electron chi connectivity index (χ1n) is 13.3. The Morgan fingerprint density at radius 1 is 1.09 bits per heavy atom. The Labute approximate surface area is 202 Å². The molecule has 4 nitrogen and oxygen atoms in total. The molecule has 2 heterocycles. The van der Waals surface area contributed by atoms with Crippen LogP contribution in [0.4, 0.5) is 4.39 Å². The van der Waals surface area contributed by atoms with Crippen LogP contribution in [0.25, 0.3) is 10.8 Å². The molecule has 0 radical (unpaired) electrons. The van der Waals surface area contributed by atoms with Gasteiger partial charge in [0, 0.05) is 23.7 Å². The van der Waals surface area contributed by atoms with Crippen molar-refractivity contribution < 1.29 is 19.0 Å². The van der Waals surface area contributed by atoms with Gasteiger partial charge in [-0.2, -0.15) is 0 Å². The molecule has 3 aliphatic rings. The molecule has 1 saturated carbocycles. The van der Waals surface area contributed by atoms with Crippen LogP contribution in [-0.2, 0) is 11.5 Å². The Kier molecular flexibility index (Phi) is 6.83.